The Kier molecular flexibility index (Phi) is 3.66. The molecule has 6 heteroatoms. The largest absolute Gasteiger partial charge is 0.469 e. The zero-order valence-electron chi connectivity index (χ0n) is 10.5. The summed E-state index contributed by atoms with van der Waals surface area (Å²) in [5, 5.41) is 11.8. The second kappa shape index (κ2) is 5.40. The Morgan fingerprint density at radius 2 is 2.37 bits per heavy atom. The van der Waals surface area contributed by atoms with Crippen LogP contribution in [0.3, 0.4) is 0 Å². The predicted molar refractivity (Wildman–Crippen MR) is 68.6 cm³/mol. The normalized spacial score (nSPS) is 13.3. The van der Waals surface area contributed by atoms with E-state index < -0.39 is 0 Å². The molecule has 1 amide bonds. The molecule has 0 bridgehead atoms. The number of carbonyl (C=O) groups excluding carboxylic acids is 2. The molecule has 1 N–H and O–H groups in total. The quantitative estimate of drug-likeness (QED) is 0.815. The van der Waals surface area contributed by atoms with Crippen LogP contribution < -0.4 is 10.2 Å². The van der Waals surface area contributed by atoms with Crippen LogP contribution in [0, 0.1) is 11.3 Å². The van der Waals surface area contributed by atoms with E-state index >= 15 is 0 Å². The molecule has 2 rings (SSSR count). The van der Waals surface area contributed by atoms with Crippen molar-refractivity contribution >= 4 is 23.3 Å². The summed E-state index contributed by atoms with van der Waals surface area (Å²) in [7, 11) is 1.31. The van der Waals surface area contributed by atoms with Gasteiger partial charge in [-0.05, 0) is 18.2 Å². The van der Waals surface area contributed by atoms with E-state index in [1.807, 2.05) is 6.07 Å². The minimum Gasteiger partial charge on any atom is -0.469 e. The van der Waals surface area contributed by atoms with E-state index in [2.05, 4.69) is 10.1 Å². The molecule has 6 nitrogen and oxygen atoms in total. The Hall–Kier alpha value is -2.55. The van der Waals surface area contributed by atoms with Gasteiger partial charge in [0.15, 0.2) is 0 Å². The first kappa shape index (κ1) is 12.9. The van der Waals surface area contributed by atoms with E-state index in [9.17, 15) is 9.59 Å². The van der Waals surface area contributed by atoms with Gasteiger partial charge in [0.1, 0.15) is 0 Å². The lowest BCUT2D eigenvalue weighted by Crippen LogP contribution is -2.41. The number of fused-ring (bicyclic) bond motifs is 1. The number of amides is 1. The standard InChI is InChI=1S/C13H13N3O3/c1-19-13(18)4-5-16-11-3-2-9(7-14)6-10(11)15-8-12(16)17/h2-3,6,15H,4-5,8H2,1H3. The van der Waals surface area contributed by atoms with Gasteiger partial charge in [-0.25, -0.2) is 0 Å². The molecule has 0 aliphatic carbocycles. The molecule has 0 aromatic heterocycles. The van der Waals surface area contributed by atoms with Gasteiger partial charge in [0.2, 0.25) is 5.91 Å². The maximum Gasteiger partial charge on any atom is 0.307 e. The molecule has 98 valence electrons. The van der Waals surface area contributed by atoms with E-state index in [0.29, 0.717) is 11.3 Å². The summed E-state index contributed by atoms with van der Waals surface area (Å²) in [4.78, 5) is 24.5. The fraction of sp³-hybridized carbons (Fsp3) is 0.308. The van der Waals surface area contributed by atoms with Crippen LogP contribution in [0.25, 0.3) is 0 Å². The summed E-state index contributed by atoms with van der Waals surface area (Å²) in [5.41, 5.74) is 1.93. The molecule has 19 heavy (non-hydrogen) atoms. The SMILES string of the molecule is COC(=O)CCN1C(=O)CNc2cc(C#N)ccc21. The molecule has 0 atom stereocenters. The molecule has 1 aromatic carbocycles. The van der Waals surface area contributed by atoms with E-state index in [4.69, 9.17) is 5.26 Å². The molecule has 1 aromatic rings. The second-order valence-corrected chi connectivity index (χ2v) is 4.07. The molecule has 1 aliphatic heterocycles. The summed E-state index contributed by atoms with van der Waals surface area (Å²) in [6.45, 7) is 0.426. The molecule has 0 saturated carbocycles. The lowest BCUT2D eigenvalue weighted by atomic mass is 10.1. The van der Waals surface area contributed by atoms with E-state index in [1.165, 1.54) is 12.0 Å². The van der Waals surface area contributed by atoms with Crippen LogP contribution in [0.4, 0.5) is 11.4 Å². The van der Waals surface area contributed by atoms with Crippen molar-refractivity contribution in [2.24, 2.45) is 0 Å². The van der Waals surface area contributed by atoms with Crippen LogP contribution in [-0.2, 0) is 14.3 Å². The van der Waals surface area contributed by atoms with E-state index in [1.54, 1.807) is 18.2 Å². The van der Waals surface area contributed by atoms with Gasteiger partial charge in [0.25, 0.3) is 0 Å². The van der Waals surface area contributed by atoms with Gasteiger partial charge in [-0.15, -0.1) is 0 Å². The fourth-order valence-corrected chi connectivity index (χ4v) is 1.93. The van der Waals surface area contributed by atoms with Crippen molar-refractivity contribution in [3.8, 4) is 6.07 Å². The van der Waals surface area contributed by atoms with Gasteiger partial charge in [-0.3, -0.25) is 9.59 Å². The maximum atomic E-state index is 11.9. The van der Waals surface area contributed by atoms with Crippen LogP contribution in [0.5, 0.6) is 0 Å². The third-order valence-electron chi connectivity index (χ3n) is 2.91. The number of hydrogen-bond donors (Lipinski definition) is 1. The maximum absolute atomic E-state index is 11.9. The fourth-order valence-electron chi connectivity index (χ4n) is 1.93. The van der Waals surface area contributed by atoms with Gasteiger partial charge in [-0.1, -0.05) is 0 Å². The molecule has 1 heterocycles. The number of anilines is 2. The lowest BCUT2D eigenvalue weighted by Gasteiger charge is -2.30. The van der Waals surface area contributed by atoms with Crippen molar-refractivity contribution < 1.29 is 14.3 Å². The molecule has 0 spiro atoms. The third-order valence-corrected chi connectivity index (χ3v) is 2.91. The zero-order chi connectivity index (χ0) is 13.8. The number of rotatable bonds is 3. The minimum absolute atomic E-state index is 0.110. The minimum atomic E-state index is -0.360. The van der Waals surface area contributed by atoms with Crippen LogP contribution in [0.1, 0.15) is 12.0 Å². The number of ether oxygens (including phenoxy) is 1. The molecule has 0 radical (unpaired) electrons. The topological polar surface area (TPSA) is 82.4 Å². The van der Waals surface area contributed by atoms with Crippen molar-refractivity contribution in [3.05, 3.63) is 23.8 Å². The van der Waals surface area contributed by atoms with Gasteiger partial charge < -0.3 is 15.0 Å². The summed E-state index contributed by atoms with van der Waals surface area (Å²) in [6, 6.07) is 7.08. The smallest absolute Gasteiger partial charge is 0.307 e. The molecule has 0 unspecified atom stereocenters. The number of benzene rings is 1. The first-order valence-electron chi connectivity index (χ1n) is 5.81. The second-order valence-electron chi connectivity index (χ2n) is 4.07. The van der Waals surface area contributed by atoms with Crippen molar-refractivity contribution in [1.29, 1.82) is 5.26 Å². The number of carbonyl (C=O) groups is 2. The summed E-state index contributed by atoms with van der Waals surface area (Å²) >= 11 is 0. The molecular weight excluding hydrogens is 246 g/mol. The highest BCUT2D eigenvalue weighted by molar-refractivity contribution is 6.03. The number of hydrogen-bond acceptors (Lipinski definition) is 5. The highest BCUT2D eigenvalue weighted by atomic mass is 16.5. The highest BCUT2D eigenvalue weighted by Gasteiger charge is 2.24. The Bertz CT molecular complexity index is 563. The number of nitrogens with one attached hydrogen (secondary N) is 1. The summed E-state index contributed by atoms with van der Waals surface area (Å²) in [6.07, 6.45) is 0.141. The van der Waals surface area contributed by atoms with Crippen molar-refractivity contribution in [3.63, 3.8) is 0 Å². The van der Waals surface area contributed by atoms with Crippen LogP contribution >= 0.6 is 0 Å². The Morgan fingerprint density at radius 3 is 3.05 bits per heavy atom. The molecule has 1 aliphatic rings. The van der Waals surface area contributed by atoms with Crippen LogP contribution in [0.15, 0.2) is 18.2 Å². The Balaban J connectivity index is 2.23. The highest BCUT2D eigenvalue weighted by Crippen LogP contribution is 2.30. The molecular formula is C13H13N3O3. The summed E-state index contributed by atoms with van der Waals surface area (Å²) < 4.78 is 4.57. The number of methoxy groups -OCH3 is 1. The van der Waals surface area contributed by atoms with E-state index in [-0.39, 0.29) is 31.4 Å². The monoisotopic (exact) mass is 259 g/mol. The molecule has 0 fully saturated rings. The van der Waals surface area contributed by atoms with Crippen molar-refractivity contribution in [2.75, 3.05) is 30.4 Å². The number of esters is 1. The van der Waals surface area contributed by atoms with Gasteiger partial charge in [0, 0.05) is 6.54 Å². The van der Waals surface area contributed by atoms with Gasteiger partial charge >= 0.3 is 5.97 Å². The number of nitrogens with zero attached hydrogens (tertiary/aromatic N) is 2. The summed E-state index contributed by atoms with van der Waals surface area (Å²) in [5.74, 6) is -0.470. The first-order chi connectivity index (χ1) is 9.15. The average Bonchev–Trinajstić information content (AvgIpc) is 2.45. The predicted octanol–water partition coefficient (Wildman–Crippen LogP) is 0.880. The average molecular weight is 259 g/mol. The van der Waals surface area contributed by atoms with E-state index in [0.717, 1.165) is 5.69 Å². The van der Waals surface area contributed by atoms with Gasteiger partial charge in [0.05, 0.1) is 43.1 Å². The van der Waals surface area contributed by atoms with Crippen LogP contribution in [-0.4, -0.2) is 32.1 Å². The van der Waals surface area contributed by atoms with Gasteiger partial charge in [-0.2, -0.15) is 5.26 Å². The third kappa shape index (κ3) is 2.65. The Labute approximate surface area is 110 Å². The first-order valence-corrected chi connectivity index (χ1v) is 5.81. The lowest BCUT2D eigenvalue weighted by molar-refractivity contribution is -0.140. The number of nitriles is 1. The van der Waals surface area contributed by atoms with Crippen LogP contribution in [0.2, 0.25) is 0 Å². The molecule has 0 saturated heterocycles. The Morgan fingerprint density at radius 1 is 1.58 bits per heavy atom. The van der Waals surface area contributed by atoms with Crippen molar-refractivity contribution in [1.82, 2.24) is 0 Å². The zero-order valence-corrected chi connectivity index (χ0v) is 10.5. The van der Waals surface area contributed by atoms with Crippen molar-refractivity contribution in [2.45, 2.75) is 6.42 Å².